The minimum Gasteiger partial charge on any atom is -0.456 e. The van der Waals surface area contributed by atoms with Crippen molar-refractivity contribution in [3.8, 4) is 11.3 Å². The van der Waals surface area contributed by atoms with Crippen molar-refractivity contribution < 1.29 is 9.52 Å². The van der Waals surface area contributed by atoms with Crippen molar-refractivity contribution in [3.05, 3.63) is 41.6 Å². The average molecular weight is 454 g/mol. The van der Waals surface area contributed by atoms with E-state index in [1.807, 2.05) is 43.3 Å². The van der Waals surface area contributed by atoms with Crippen LogP contribution >= 0.6 is 11.6 Å². The number of nitrogens with two attached hydrogens (primary N) is 1. The second-order valence-electron chi connectivity index (χ2n) is 9.49. The number of benzene rings is 1. The lowest BCUT2D eigenvalue weighted by Crippen LogP contribution is -2.31. The number of aromatic nitrogens is 2. The minimum atomic E-state index is -0.226. The van der Waals surface area contributed by atoms with Crippen LogP contribution in [0.1, 0.15) is 25.8 Å². The number of hydrogen-bond acceptors (Lipinski definition) is 7. The molecule has 0 radical (unpaired) electrons. The molecule has 5 atom stereocenters. The summed E-state index contributed by atoms with van der Waals surface area (Å²) < 4.78 is 6.14. The van der Waals surface area contributed by atoms with Crippen LogP contribution in [0, 0.1) is 17.3 Å². The summed E-state index contributed by atoms with van der Waals surface area (Å²) in [6.45, 7) is 8.45. The number of hydrogen-bond donors (Lipinski definition) is 3. The second kappa shape index (κ2) is 7.12. The van der Waals surface area contributed by atoms with Crippen LogP contribution < -0.4 is 11.1 Å². The van der Waals surface area contributed by atoms with Crippen LogP contribution in [-0.4, -0.2) is 46.2 Å². The zero-order chi connectivity index (χ0) is 22.9. The smallest absolute Gasteiger partial charge is 0.223 e. The van der Waals surface area contributed by atoms with Crippen molar-refractivity contribution in [2.75, 3.05) is 25.1 Å². The second-order valence-corrected chi connectivity index (χ2v) is 9.85. The number of fused-ring (bicyclic) bond motifs is 2. The highest BCUT2D eigenvalue weighted by Gasteiger charge is 2.69. The Labute approximate surface area is 192 Å². The molecule has 7 nitrogen and oxygen atoms in total. The Morgan fingerprint density at radius 2 is 2.09 bits per heavy atom. The highest BCUT2D eigenvalue weighted by atomic mass is 35.5. The topological polar surface area (TPSA) is 100 Å². The van der Waals surface area contributed by atoms with Crippen LogP contribution in [-0.2, 0) is 0 Å². The molecule has 2 fully saturated rings. The molecule has 0 aliphatic heterocycles. The van der Waals surface area contributed by atoms with E-state index in [1.165, 1.54) is 0 Å². The Kier molecular flexibility index (Phi) is 4.69. The molecule has 2 heterocycles. The van der Waals surface area contributed by atoms with E-state index < -0.39 is 0 Å². The fraction of sp³-hybridized carbons (Fsp3) is 0.417. The van der Waals surface area contributed by atoms with Gasteiger partial charge in [0.1, 0.15) is 22.3 Å². The van der Waals surface area contributed by atoms with E-state index in [2.05, 4.69) is 35.7 Å². The highest BCUT2D eigenvalue weighted by molar-refractivity contribution is 6.32. The molecular formula is C24H28ClN5O2. The van der Waals surface area contributed by atoms with Crippen LogP contribution in [0.4, 0.5) is 11.8 Å². The largest absolute Gasteiger partial charge is 0.456 e. The average Bonchev–Trinajstić information content (AvgIpc) is 3.03. The van der Waals surface area contributed by atoms with Crippen LogP contribution in [0.25, 0.3) is 28.0 Å². The minimum absolute atomic E-state index is 0.0508. The van der Waals surface area contributed by atoms with Gasteiger partial charge in [-0.15, -0.1) is 0 Å². The first-order valence-electron chi connectivity index (χ1n) is 10.8. The van der Waals surface area contributed by atoms with Gasteiger partial charge in [-0.25, -0.2) is 4.98 Å². The van der Waals surface area contributed by atoms with Gasteiger partial charge in [0.25, 0.3) is 0 Å². The summed E-state index contributed by atoms with van der Waals surface area (Å²) in [5, 5.41) is 14.9. The van der Waals surface area contributed by atoms with Gasteiger partial charge in [-0.2, -0.15) is 4.98 Å². The lowest BCUT2D eigenvalue weighted by Gasteiger charge is -2.26. The molecule has 0 saturated heterocycles. The van der Waals surface area contributed by atoms with Gasteiger partial charge < -0.3 is 25.5 Å². The third-order valence-corrected chi connectivity index (χ3v) is 7.91. The zero-order valence-corrected chi connectivity index (χ0v) is 19.4. The van der Waals surface area contributed by atoms with E-state index in [-0.39, 0.29) is 34.6 Å². The van der Waals surface area contributed by atoms with Crippen molar-refractivity contribution in [1.29, 1.82) is 0 Å². The third-order valence-electron chi connectivity index (χ3n) is 7.64. The van der Waals surface area contributed by atoms with Crippen molar-refractivity contribution >= 4 is 40.0 Å². The van der Waals surface area contributed by atoms with Crippen LogP contribution in [0.5, 0.6) is 0 Å². The molecule has 5 rings (SSSR count). The van der Waals surface area contributed by atoms with Gasteiger partial charge >= 0.3 is 0 Å². The van der Waals surface area contributed by atoms with E-state index in [0.717, 1.165) is 28.7 Å². The monoisotopic (exact) mass is 453 g/mol. The first kappa shape index (κ1) is 21.1. The van der Waals surface area contributed by atoms with E-state index >= 15 is 0 Å². The Balaban J connectivity index is 1.52. The van der Waals surface area contributed by atoms with Crippen molar-refractivity contribution in [2.24, 2.45) is 17.3 Å². The van der Waals surface area contributed by atoms with Gasteiger partial charge in [-0.05, 0) is 48.1 Å². The number of nitrogen functional groups attached to an aromatic ring is 1. The number of nitrogens with zero attached hydrogens (tertiary/aromatic N) is 3. The number of aliphatic hydroxyl groups excluding tert-OH is 1. The summed E-state index contributed by atoms with van der Waals surface area (Å²) in [4.78, 5) is 10.6. The molecule has 0 amide bonds. The molecular weight excluding hydrogens is 426 g/mol. The Morgan fingerprint density at radius 1 is 1.34 bits per heavy atom. The standard InChI is InChI=1S/C24H28ClN5O2/c1-11-16(10-15-20(31)24(11,15)3)27-22-19(21(25)28-23(26)29-22)18-9-14-8-13(12(2)30(4)5)6-7-17(14)32-18/h6-9,11,15-16,20,31H,2,10H2,1,3-5H3,(H3,26,27,28,29)/t11-,15+,16+,20?,24+/m0/s1. The molecule has 4 N–H and O–H groups in total. The van der Waals surface area contributed by atoms with Crippen molar-refractivity contribution in [1.82, 2.24) is 14.9 Å². The van der Waals surface area contributed by atoms with Crippen LogP contribution in [0.15, 0.2) is 35.3 Å². The molecule has 1 unspecified atom stereocenters. The van der Waals surface area contributed by atoms with Gasteiger partial charge in [0.2, 0.25) is 5.95 Å². The molecule has 0 spiro atoms. The maximum atomic E-state index is 10.2. The fourth-order valence-corrected chi connectivity index (χ4v) is 5.51. The maximum absolute atomic E-state index is 10.2. The van der Waals surface area contributed by atoms with E-state index in [9.17, 15) is 5.11 Å². The van der Waals surface area contributed by atoms with Crippen molar-refractivity contribution in [2.45, 2.75) is 32.4 Å². The van der Waals surface area contributed by atoms with Gasteiger partial charge in [-0.3, -0.25) is 0 Å². The highest BCUT2D eigenvalue weighted by Crippen LogP contribution is 2.66. The molecule has 2 saturated carbocycles. The number of aliphatic hydroxyl groups is 1. The molecule has 2 aliphatic rings. The lowest BCUT2D eigenvalue weighted by atomic mass is 9.90. The summed E-state index contributed by atoms with van der Waals surface area (Å²) in [6, 6.07) is 8.04. The Hall–Kier alpha value is -2.77. The first-order valence-corrected chi connectivity index (χ1v) is 11.2. The van der Waals surface area contributed by atoms with Gasteiger partial charge in [-0.1, -0.05) is 32.0 Å². The number of halogens is 1. The SMILES string of the molecule is C=C(c1ccc2oc(-c3c(Cl)nc(N)nc3N[C@@H]3C[C@@H]4C(O)[C@]4(C)[C@H]3C)cc2c1)N(C)C. The molecule has 2 aromatic heterocycles. The molecule has 8 heteroatoms. The van der Waals surface area contributed by atoms with Crippen LogP contribution in [0.2, 0.25) is 5.15 Å². The Bertz CT molecular complexity index is 1240. The molecule has 1 aromatic carbocycles. The molecule has 32 heavy (non-hydrogen) atoms. The zero-order valence-electron chi connectivity index (χ0n) is 18.7. The van der Waals surface area contributed by atoms with Gasteiger partial charge in [0.05, 0.1) is 11.7 Å². The molecule has 3 aromatic rings. The Morgan fingerprint density at radius 3 is 2.75 bits per heavy atom. The van der Waals surface area contributed by atoms with Crippen molar-refractivity contribution in [3.63, 3.8) is 0 Å². The summed E-state index contributed by atoms with van der Waals surface area (Å²) in [5.74, 6) is 1.81. The van der Waals surface area contributed by atoms with E-state index in [1.54, 1.807) is 0 Å². The lowest BCUT2D eigenvalue weighted by molar-refractivity contribution is 0.175. The van der Waals surface area contributed by atoms with E-state index in [0.29, 0.717) is 23.1 Å². The predicted octanol–water partition coefficient (Wildman–Crippen LogP) is 4.48. The molecule has 0 bridgehead atoms. The normalized spacial score (nSPS) is 28.6. The van der Waals surface area contributed by atoms with Gasteiger partial charge in [0, 0.05) is 36.6 Å². The number of nitrogens with one attached hydrogen (secondary N) is 1. The third kappa shape index (κ3) is 3.06. The van der Waals surface area contributed by atoms with Crippen LogP contribution in [0.3, 0.4) is 0 Å². The maximum Gasteiger partial charge on any atom is 0.223 e. The molecule has 168 valence electrons. The van der Waals surface area contributed by atoms with E-state index in [4.69, 9.17) is 21.8 Å². The quantitative estimate of drug-likeness (QED) is 0.490. The first-order chi connectivity index (χ1) is 15.1. The number of rotatable bonds is 5. The number of anilines is 2. The molecule has 2 aliphatic carbocycles. The van der Waals surface area contributed by atoms with Gasteiger partial charge in [0.15, 0.2) is 0 Å². The number of furan rings is 1. The summed E-state index contributed by atoms with van der Waals surface area (Å²) in [5.41, 5.74) is 9.12. The summed E-state index contributed by atoms with van der Waals surface area (Å²) in [6.07, 6.45) is 0.645. The fourth-order valence-electron chi connectivity index (χ4n) is 5.24. The summed E-state index contributed by atoms with van der Waals surface area (Å²) in [7, 11) is 3.92. The summed E-state index contributed by atoms with van der Waals surface area (Å²) >= 11 is 6.54. The predicted molar refractivity (Wildman–Crippen MR) is 128 cm³/mol.